The maximum Gasteiger partial charge on any atom is 0.229 e. The minimum atomic E-state index is -0.698. The van der Waals surface area contributed by atoms with Crippen molar-refractivity contribution in [2.24, 2.45) is 5.41 Å². The zero-order chi connectivity index (χ0) is 18.2. The van der Waals surface area contributed by atoms with E-state index >= 15 is 0 Å². The number of amides is 1. The summed E-state index contributed by atoms with van der Waals surface area (Å²) < 4.78 is 22.9. The highest BCUT2D eigenvalue weighted by Gasteiger charge is 2.23. The van der Waals surface area contributed by atoms with Gasteiger partial charge in [-0.1, -0.05) is 57.2 Å². The van der Waals surface area contributed by atoms with Crippen LogP contribution in [0.2, 0.25) is 0 Å². The molecule has 1 N–H and O–H groups in total. The number of para-hydroxylation sites is 2. The monoisotopic (exact) mass is 323 g/mol. The fraction of sp³-hybridized carbons (Fsp3) is 0.200. The minimum absolute atomic E-state index is 0.0634. The van der Waals surface area contributed by atoms with Crippen LogP contribution in [-0.2, 0) is 4.79 Å². The average molecular weight is 323 g/mol. The lowest BCUT2D eigenvalue weighted by Gasteiger charge is -2.19. The maximum atomic E-state index is 14.8. The molecule has 0 atom stereocenters. The molecule has 0 saturated heterocycles. The van der Waals surface area contributed by atoms with Crippen LogP contribution in [0.15, 0.2) is 54.6 Å². The van der Waals surface area contributed by atoms with E-state index in [1.165, 1.54) is 0 Å². The third kappa shape index (κ3) is 3.13. The third-order valence-corrected chi connectivity index (χ3v) is 3.70. The Labute approximate surface area is 141 Å². The van der Waals surface area contributed by atoms with Crippen molar-refractivity contribution < 1.29 is 10.6 Å². The Morgan fingerprint density at radius 1 is 1.12 bits per heavy atom. The van der Waals surface area contributed by atoms with E-state index in [4.69, 9.17) is 1.37 Å². The van der Waals surface area contributed by atoms with E-state index in [-0.39, 0.29) is 17.6 Å². The van der Waals surface area contributed by atoms with Crippen molar-refractivity contribution in [1.82, 2.24) is 4.98 Å². The van der Waals surface area contributed by atoms with Crippen molar-refractivity contribution in [3.63, 3.8) is 0 Å². The highest BCUT2D eigenvalue weighted by atomic mass is 19.1. The zero-order valence-electron chi connectivity index (χ0n) is 14.9. The molecule has 24 heavy (non-hydrogen) atoms. The predicted molar refractivity (Wildman–Crippen MR) is 95.2 cm³/mol. The summed E-state index contributed by atoms with van der Waals surface area (Å²) in [6.45, 7) is 5.42. The number of carbonyl (C=O) groups is 1. The number of benzene rings is 2. The number of carbonyl (C=O) groups excluding carboxylic acids is 1. The number of hydrogen-bond acceptors (Lipinski definition) is 2. The number of fused-ring (bicyclic) bond motifs is 1. The summed E-state index contributed by atoms with van der Waals surface area (Å²) in [6, 6.07) is 13.7. The molecule has 3 nitrogen and oxygen atoms in total. The van der Waals surface area contributed by atoms with E-state index in [0.29, 0.717) is 22.2 Å². The molecular weight excluding hydrogens is 303 g/mol. The summed E-state index contributed by atoms with van der Waals surface area (Å²) >= 11 is 0. The number of pyridine rings is 1. The number of rotatable bonds is 2. The van der Waals surface area contributed by atoms with Crippen molar-refractivity contribution >= 4 is 22.5 Å². The summed E-state index contributed by atoms with van der Waals surface area (Å²) in [5, 5.41) is 3.30. The van der Waals surface area contributed by atoms with Crippen LogP contribution < -0.4 is 5.32 Å². The molecule has 0 spiro atoms. The second-order valence-corrected chi connectivity index (χ2v) is 6.67. The van der Waals surface area contributed by atoms with Crippen LogP contribution in [0.4, 0.5) is 10.1 Å². The molecule has 2 aromatic carbocycles. The zero-order valence-corrected chi connectivity index (χ0v) is 13.9. The summed E-state index contributed by atoms with van der Waals surface area (Å²) in [7, 11) is 0. The SMILES string of the molecule is [2H]c1c(F)c(-c2ccccc2NC(=O)C(C)(C)C)nc2ccccc12. The van der Waals surface area contributed by atoms with Gasteiger partial charge in [-0.3, -0.25) is 4.79 Å². The van der Waals surface area contributed by atoms with Gasteiger partial charge in [0.2, 0.25) is 5.91 Å². The number of nitrogens with zero attached hydrogens (tertiary/aromatic N) is 1. The van der Waals surface area contributed by atoms with Gasteiger partial charge in [-0.15, -0.1) is 0 Å². The molecule has 0 fully saturated rings. The summed E-state index contributed by atoms with van der Waals surface area (Å²) in [5.74, 6) is -0.872. The van der Waals surface area contributed by atoms with Crippen LogP contribution >= 0.6 is 0 Å². The first-order valence-corrected chi connectivity index (χ1v) is 7.75. The van der Waals surface area contributed by atoms with Crippen LogP contribution in [0.5, 0.6) is 0 Å². The van der Waals surface area contributed by atoms with Crippen molar-refractivity contribution in [3.05, 3.63) is 60.4 Å². The molecule has 0 aliphatic heterocycles. The van der Waals surface area contributed by atoms with Gasteiger partial charge in [0.15, 0.2) is 0 Å². The molecule has 0 aliphatic rings. The van der Waals surface area contributed by atoms with Gasteiger partial charge >= 0.3 is 0 Å². The molecule has 1 amide bonds. The Kier molecular flexibility index (Phi) is 3.73. The van der Waals surface area contributed by atoms with Crippen LogP contribution in [-0.4, -0.2) is 10.9 Å². The highest BCUT2D eigenvalue weighted by molar-refractivity contribution is 5.98. The van der Waals surface area contributed by atoms with Gasteiger partial charge in [-0.2, -0.15) is 0 Å². The normalized spacial score (nSPS) is 12.1. The Balaban J connectivity index is 2.16. The number of hydrogen-bond donors (Lipinski definition) is 1. The first-order chi connectivity index (χ1) is 11.8. The summed E-state index contributed by atoms with van der Waals surface area (Å²) in [4.78, 5) is 16.7. The van der Waals surface area contributed by atoms with Gasteiger partial charge in [0, 0.05) is 16.4 Å². The molecule has 0 bridgehead atoms. The summed E-state index contributed by atoms with van der Waals surface area (Å²) in [6.07, 6.45) is 0. The largest absolute Gasteiger partial charge is 0.325 e. The van der Waals surface area contributed by atoms with Gasteiger partial charge < -0.3 is 5.32 Å². The van der Waals surface area contributed by atoms with Gasteiger partial charge in [0.05, 0.1) is 12.6 Å². The second kappa shape index (κ2) is 6.04. The maximum absolute atomic E-state index is 14.8. The van der Waals surface area contributed by atoms with Crippen LogP contribution in [0.3, 0.4) is 0 Å². The molecule has 3 rings (SSSR count). The van der Waals surface area contributed by atoms with Gasteiger partial charge in [-0.25, -0.2) is 9.37 Å². The molecule has 4 heteroatoms. The highest BCUT2D eigenvalue weighted by Crippen LogP contribution is 2.31. The molecule has 0 radical (unpaired) electrons. The molecule has 1 heterocycles. The average Bonchev–Trinajstić information content (AvgIpc) is 2.58. The van der Waals surface area contributed by atoms with Gasteiger partial charge in [0.25, 0.3) is 0 Å². The Hall–Kier alpha value is -2.75. The van der Waals surface area contributed by atoms with Crippen LogP contribution in [0, 0.1) is 11.2 Å². The van der Waals surface area contributed by atoms with Gasteiger partial charge in [0.1, 0.15) is 11.5 Å². The van der Waals surface area contributed by atoms with Crippen LogP contribution in [0.1, 0.15) is 22.1 Å². The molecule has 0 unspecified atom stereocenters. The quantitative estimate of drug-likeness (QED) is 0.719. The lowest BCUT2D eigenvalue weighted by atomic mass is 9.95. The van der Waals surface area contributed by atoms with Crippen molar-refractivity contribution in [2.45, 2.75) is 20.8 Å². The topological polar surface area (TPSA) is 42.0 Å². The molecule has 0 saturated carbocycles. The summed E-state index contributed by atoms with van der Waals surface area (Å²) in [5.41, 5.74) is 0.956. The molecule has 122 valence electrons. The van der Waals surface area contributed by atoms with E-state index in [1.54, 1.807) is 48.5 Å². The number of halogens is 1. The smallest absolute Gasteiger partial charge is 0.229 e. The standard InChI is InChI=1S/C20H19FN2O/c1-20(2,3)19(24)23-17-11-7-5-9-14(17)18-15(21)12-13-8-4-6-10-16(13)22-18/h4-12H,1-3H3,(H,23,24)/i12D. The fourth-order valence-electron chi connectivity index (χ4n) is 2.31. The Bertz CT molecular complexity index is 964. The first kappa shape index (κ1) is 14.8. The lowest BCUT2D eigenvalue weighted by Crippen LogP contribution is -2.27. The van der Waals surface area contributed by atoms with E-state index in [9.17, 15) is 9.18 Å². The predicted octanol–water partition coefficient (Wildman–Crippen LogP) is 5.03. The first-order valence-electron chi connectivity index (χ1n) is 8.25. The van der Waals surface area contributed by atoms with Crippen LogP contribution in [0.25, 0.3) is 22.2 Å². The van der Waals surface area contributed by atoms with E-state index in [0.717, 1.165) is 0 Å². The number of aromatic nitrogens is 1. The number of nitrogens with one attached hydrogen (secondary N) is 1. The minimum Gasteiger partial charge on any atom is -0.325 e. The van der Waals surface area contributed by atoms with Crippen molar-refractivity contribution in [3.8, 4) is 11.3 Å². The fourth-order valence-corrected chi connectivity index (χ4v) is 2.31. The molecule has 0 aliphatic carbocycles. The Morgan fingerprint density at radius 3 is 2.54 bits per heavy atom. The molecular formula is C20H19FN2O. The van der Waals surface area contributed by atoms with E-state index < -0.39 is 11.2 Å². The van der Waals surface area contributed by atoms with Gasteiger partial charge in [-0.05, 0) is 18.2 Å². The van der Waals surface area contributed by atoms with Crippen molar-refractivity contribution in [2.75, 3.05) is 5.32 Å². The Morgan fingerprint density at radius 2 is 1.79 bits per heavy atom. The third-order valence-electron chi connectivity index (χ3n) is 3.70. The number of anilines is 1. The molecule has 3 aromatic rings. The van der Waals surface area contributed by atoms with E-state index in [2.05, 4.69) is 10.3 Å². The van der Waals surface area contributed by atoms with Crippen molar-refractivity contribution in [1.29, 1.82) is 0 Å². The van der Waals surface area contributed by atoms with E-state index in [1.807, 2.05) is 20.8 Å². The lowest BCUT2D eigenvalue weighted by molar-refractivity contribution is -0.123. The second-order valence-electron chi connectivity index (χ2n) is 6.67. The molecule has 1 aromatic heterocycles.